The highest BCUT2D eigenvalue weighted by Gasteiger charge is 2.14. The second-order valence-corrected chi connectivity index (χ2v) is 9.51. The minimum absolute atomic E-state index is 0.0290. The Bertz CT molecular complexity index is 1630. The summed E-state index contributed by atoms with van der Waals surface area (Å²) in [7, 11) is 0. The molecule has 34 heavy (non-hydrogen) atoms. The van der Waals surface area contributed by atoms with E-state index in [1.165, 1.54) is 32.9 Å². The fraction of sp³-hybridized carbons (Fsp3) is 0.125. The second kappa shape index (κ2) is 8.88. The molecule has 3 heterocycles. The van der Waals surface area contributed by atoms with Crippen molar-refractivity contribution in [3.8, 4) is 11.3 Å². The molecule has 0 N–H and O–H groups in total. The molecule has 8 nitrogen and oxygen atoms in total. The molecule has 0 aliphatic carbocycles. The van der Waals surface area contributed by atoms with Crippen LogP contribution in [-0.4, -0.2) is 25.8 Å². The molecule has 170 valence electrons. The van der Waals surface area contributed by atoms with Gasteiger partial charge in [0.2, 0.25) is 4.96 Å². The van der Waals surface area contributed by atoms with Crippen LogP contribution < -0.4 is 10.1 Å². The number of hydrogen-bond donors (Lipinski definition) is 0. The van der Waals surface area contributed by atoms with E-state index in [9.17, 15) is 14.9 Å². The van der Waals surface area contributed by atoms with Gasteiger partial charge in [0.15, 0.2) is 5.82 Å². The molecule has 0 radical (unpaired) electrons. The molecule has 0 fully saturated rings. The number of nitro benzene ring substituents is 1. The molecule has 0 amide bonds. The fourth-order valence-electron chi connectivity index (χ4n) is 3.62. The number of nitrogens with zero attached hydrogens (tertiary/aromatic N) is 4. The van der Waals surface area contributed by atoms with Crippen LogP contribution in [0.25, 0.3) is 22.4 Å². The molecule has 0 aliphatic heterocycles. The summed E-state index contributed by atoms with van der Waals surface area (Å²) in [6.45, 7) is 1.79. The van der Waals surface area contributed by atoms with Gasteiger partial charge in [-0.25, -0.2) is 4.98 Å². The fourth-order valence-corrected chi connectivity index (χ4v) is 4.93. The SMILES string of the molecule is CSc1ccc(Cc2nc3s/c(=C\c4ccc(-c5ccc([N+](=O)[O-])cc5C)o4)c(=O)n3n2)cc1. The quantitative estimate of drug-likeness (QED) is 0.196. The van der Waals surface area contributed by atoms with E-state index in [2.05, 4.69) is 22.2 Å². The standard InChI is InChI=1S/C24H18N4O4S2/c1-14-11-16(28(30)31)5-9-19(14)20-10-6-17(32-20)13-21-23(29)27-24(34-21)25-22(26-27)12-15-3-7-18(33-2)8-4-15/h3-11,13H,12H2,1-2H3/b21-13-. The molecular weight excluding hydrogens is 472 g/mol. The molecule has 0 unspecified atom stereocenters. The van der Waals surface area contributed by atoms with Crippen LogP contribution in [0.15, 0.2) is 68.7 Å². The third-order valence-electron chi connectivity index (χ3n) is 5.33. The Morgan fingerprint density at radius 2 is 1.97 bits per heavy atom. The molecule has 0 saturated heterocycles. The number of thioether (sulfide) groups is 1. The van der Waals surface area contributed by atoms with Gasteiger partial charge in [-0.3, -0.25) is 14.9 Å². The first-order valence-corrected chi connectivity index (χ1v) is 12.3. The van der Waals surface area contributed by atoms with Crippen molar-refractivity contribution >= 4 is 39.8 Å². The van der Waals surface area contributed by atoms with Gasteiger partial charge < -0.3 is 4.42 Å². The van der Waals surface area contributed by atoms with Crippen molar-refractivity contribution in [3.05, 3.63) is 102 Å². The summed E-state index contributed by atoms with van der Waals surface area (Å²) in [6, 6.07) is 16.3. The van der Waals surface area contributed by atoms with Crippen LogP contribution in [0.1, 0.15) is 22.7 Å². The maximum absolute atomic E-state index is 12.8. The summed E-state index contributed by atoms with van der Waals surface area (Å²) in [6.07, 6.45) is 4.25. The topological polar surface area (TPSA) is 104 Å². The van der Waals surface area contributed by atoms with Gasteiger partial charge in [-0.05, 0) is 54.6 Å². The summed E-state index contributed by atoms with van der Waals surface area (Å²) in [5.41, 5.74) is 2.35. The monoisotopic (exact) mass is 490 g/mol. The smallest absolute Gasteiger partial charge is 0.291 e. The minimum Gasteiger partial charge on any atom is -0.457 e. The number of benzene rings is 2. The predicted molar refractivity (Wildman–Crippen MR) is 132 cm³/mol. The molecule has 10 heteroatoms. The summed E-state index contributed by atoms with van der Waals surface area (Å²) < 4.78 is 7.69. The lowest BCUT2D eigenvalue weighted by molar-refractivity contribution is -0.384. The first-order chi connectivity index (χ1) is 16.4. The summed E-state index contributed by atoms with van der Waals surface area (Å²) in [5.74, 6) is 1.67. The molecule has 3 aromatic heterocycles. The van der Waals surface area contributed by atoms with Crippen LogP contribution in [0.5, 0.6) is 0 Å². The number of rotatable bonds is 6. The van der Waals surface area contributed by atoms with E-state index < -0.39 is 4.92 Å². The van der Waals surface area contributed by atoms with E-state index in [0.717, 1.165) is 16.7 Å². The number of furan rings is 1. The van der Waals surface area contributed by atoms with E-state index >= 15 is 0 Å². The van der Waals surface area contributed by atoms with E-state index in [4.69, 9.17) is 4.42 Å². The van der Waals surface area contributed by atoms with Crippen molar-refractivity contribution in [2.24, 2.45) is 0 Å². The molecule has 5 aromatic rings. The second-order valence-electron chi connectivity index (χ2n) is 7.62. The van der Waals surface area contributed by atoms with Gasteiger partial charge in [-0.1, -0.05) is 23.5 Å². The van der Waals surface area contributed by atoms with Gasteiger partial charge in [-0.2, -0.15) is 4.52 Å². The maximum atomic E-state index is 12.8. The van der Waals surface area contributed by atoms with Gasteiger partial charge in [0.05, 0.1) is 4.92 Å². The Labute approximate surface area is 201 Å². The number of fused-ring (bicyclic) bond motifs is 1. The molecule has 5 rings (SSSR count). The van der Waals surface area contributed by atoms with Crippen LogP contribution >= 0.6 is 23.1 Å². The number of non-ortho nitro benzene ring substituents is 1. The summed E-state index contributed by atoms with van der Waals surface area (Å²) >= 11 is 2.94. The lowest BCUT2D eigenvalue weighted by Gasteiger charge is -2.02. The van der Waals surface area contributed by atoms with Crippen LogP contribution in [0.4, 0.5) is 5.69 Å². The molecule has 0 spiro atoms. The highest BCUT2D eigenvalue weighted by molar-refractivity contribution is 7.98. The third kappa shape index (κ3) is 4.25. The first-order valence-electron chi connectivity index (χ1n) is 10.3. The Kier molecular flexibility index (Phi) is 5.76. The van der Waals surface area contributed by atoms with E-state index in [-0.39, 0.29) is 11.2 Å². The average molecular weight is 491 g/mol. The summed E-state index contributed by atoms with van der Waals surface area (Å²) in [5, 5.41) is 15.4. The minimum atomic E-state index is -0.429. The number of nitro groups is 1. The molecule has 2 aromatic carbocycles. The maximum Gasteiger partial charge on any atom is 0.291 e. The number of aryl methyl sites for hydroxylation is 1. The first kappa shape index (κ1) is 22.1. The van der Waals surface area contributed by atoms with Gasteiger partial charge >= 0.3 is 0 Å². The van der Waals surface area contributed by atoms with Crippen molar-refractivity contribution in [2.45, 2.75) is 18.2 Å². The van der Waals surface area contributed by atoms with Gasteiger partial charge in [0, 0.05) is 35.1 Å². The van der Waals surface area contributed by atoms with E-state index in [0.29, 0.717) is 33.3 Å². The van der Waals surface area contributed by atoms with E-state index in [1.807, 2.05) is 18.4 Å². The predicted octanol–water partition coefficient (Wildman–Crippen LogP) is 4.49. The van der Waals surface area contributed by atoms with Crippen LogP contribution in [-0.2, 0) is 6.42 Å². The Morgan fingerprint density at radius 1 is 1.18 bits per heavy atom. The Hall–Kier alpha value is -3.76. The molecule has 0 saturated carbocycles. The Morgan fingerprint density at radius 3 is 2.65 bits per heavy atom. The highest BCUT2D eigenvalue weighted by Crippen LogP contribution is 2.28. The molecule has 0 aliphatic rings. The Balaban J connectivity index is 1.41. The average Bonchev–Trinajstić information content (AvgIpc) is 3.51. The lowest BCUT2D eigenvalue weighted by atomic mass is 10.1. The van der Waals surface area contributed by atoms with Gasteiger partial charge in [-0.15, -0.1) is 16.9 Å². The van der Waals surface area contributed by atoms with Crippen LogP contribution in [0, 0.1) is 17.0 Å². The zero-order valence-electron chi connectivity index (χ0n) is 18.2. The van der Waals surface area contributed by atoms with Crippen LogP contribution in [0.2, 0.25) is 0 Å². The van der Waals surface area contributed by atoms with Crippen molar-refractivity contribution in [2.75, 3.05) is 6.26 Å². The third-order valence-corrected chi connectivity index (χ3v) is 7.04. The van der Waals surface area contributed by atoms with Crippen molar-refractivity contribution in [1.82, 2.24) is 14.6 Å². The largest absolute Gasteiger partial charge is 0.457 e. The van der Waals surface area contributed by atoms with Gasteiger partial charge in [0.25, 0.3) is 11.2 Å². The zero-order chi connectivity index (χ0) is 23.8. The zero-order valence-corrected chi connectivity index (χ0v) is 19.9. The lowest BCUT2D eigenvalue weighted by Crippen LogP contribution is -2.23. The highest BCUT2D eigenvalue weighted by atomic mass is 32.2. The van der Waals surface area contributed by atoms with E-state index in [1.54, 1.807) is 43.0 Å². The molecule has 0 atom stereocenters. The molecule has 0 bridgehead atoms. The molecular formula is C24H18N4O4S2. The normalized spacial score (nSPS) is 12.0. The number of hydrogen-bond acceptors (Lipinski definition) is 8. The van der Waals surface area contributed by atoms with Gasteiger partial charge in [0.1, 0.15) is 16.1 Å². The van der Waals surface area contributed by atoms with Crippen LogP contribution in [0.3, 0.4) is 0 Å². The number of thiazole rings is 1. The summed E-state index contributed by atoms with van der Waals surface area (Å²) in [4.78, 5) is 29.6. The van der Waals surface area contributed by atoms with Crippen molar-refractivity contribution in [3.63, 3.8) is 0 Å². The van der Waals surface area contributed by atoms with Crippen molar-refractivity contribution in [1.29, 1.82) is 0 Å². The number of aromatic nitrogens is 3. The van der Waals surface area contributed by atoms with Crippen molar-refractivity contribution < 1.29 is 9.34 Å².